The summed E-state index contributed by atoms with van der Waals surface area (Å²) < 4.78 is 4.89. The highest BCUT2D eigenvalue weighted by Gasteiger charge is 2.10. The molecule has 0 atom stereocenters. The Kier molecular flexibility index (Phi) is 3.71. The molecule has 2 aromatic rings. The zero-order valence-corrected chi connectivity index (χ0v) is 10.2. The molecule has 1 aromatic carbocycles. The fraction of sp³-hybridized carbons (Fsp3) is 0.0909. The van der Waals surface area contributed by atoms with Crippen molar-refractivity contribution >= 4 is 29.3 Å². The molecule has 0 fully saturated rings. The third-order valence-corrected chi connectivity index (χ3v) is 3.26. The summed E-state index contributed by atoms with van der Waals surface area (Å²) in [5, 5.41) is 12.8. The molecule has 0 radical (unpaired) electrons. The summed E-state index contributed by atoms with van der Waals surface area (Å²) in [6.45, 7) is 0. The first-order chi connectivity index (χ1) is 8.15. The van der Waals surface area contributed by atoms with E-state index in [2.05, 4.69) is 5.16 Å². The van der Waals surface area contributed by atoms with Gasteiger partial charge in [-0.1, -0.05) is 16.8 Å². The molecule has 0 aliphatic rings. The van der Waals surface area contributed by atoms with Gasteiger partial charge in [0, 0.05) is 16.0 Å². The van der Waals surface area contributed by atoms with Crippen LogP contribution < -0.4 is 0 Å². The van der Waals surface area contributed by atoms with Gasteiger partial charge in [-0.15, -0.1) is 11.8 Å². The first kappa shape index (κ1) is 12.0. The normalized spacial score (nSPS) is 10.4. The van der Waals surface area contributed by atoms with E-state index in [1.807, 2.05) is 12.1 Å². The number of aromatic carboxylic acids is 1. The van der Waals surface area contributed by atoms with E-state index in [-0.39, 0.29) is 5.69 Å². The van der Waals surface area contributed by atoms with Crippen LogP contribution in [0.3, 0.4) is 0 Å². The Hall–Kier alpha value is -1.46. The van der Waals surface area contributed by atoms with Crippen LogP contribution in [0.15, 0.2) is 39.8 Å². The predicted octanol–water partition coefficient (Wildman–Crippen LogP) is 3.32. The SMILES string of the molecule is O=C(O)c1cc(CSc2ccc(Cl)cc2)on1. The zero-order chi connectivity index (χ0) is 12.3. The lowest BCUT2D eigenvalue weighted by molar-refractivity contribution is 0.0685. The smallest absolute Gasteiger partial charge is 0.358 e. The molecule has 1 heterocycles. The summed E-state index contributed by atoms with van der Waals surface area (Å²) in [7, 11) is 0. The standard InChI is InChI=1S/C11H8ClNO3S/c12-7-1-3-9(4-2-7)17-6-8-5-10(11(14)15)13-16-8/h1-5H,6H2,(H,14,15). The van der Waals surface area contributed by atoms with E-state index in [0.29, 0.717) is 16.5 Å². The number of hydrogen-bond acceptors (Lipinski definition) is 4. The highest BCUT2D eigenvalue weighted by atomic mass is 35.5. The van der Waals surface area contributed by atoms with Gasteiger partial charge in [-0.2, -0.15) is 0 Å². The molecular formula is C11H8ClNO3S. The highest BCUT2D eigenvalue weighted by molar-refractivity contribution is 7.98. The maximum absolute atomic E-state index is 10.6. The van der Waals surface area contributed by atoms with E-state index < -0.39 is 5.97 Å². The molecule has 0 amide bonds. The second-order valence-electron chi connectivity index (χ2n) is 3.23. The number of carboxylic acids is 1. The molecule has 0 bridgehead atoms. The highest BCUT2D eigenvalue weighted by Crippen LogP contribution is 2.24. The summed E-state index contributed by atoms with van der Waals surface area (Å²) in [5.74, 6) is -0.0270. The number of hydrogen-bond donors (Lipinski definition) is 1. The van der Waals surface area contributed by atoms with Crippen molar-refractivity contribution in [1.82, 2.24) is 5.16 Å². The van der Waals surface area contributed by atoms with Crippen LogP contribution in [0.1, 0.15) is 16.2 Å². The second kappa shape index (κ2) is 5.25. The van der Waals surface area contributed by atoms with Crippen LogP contribution in [0, 0.1) is 0 Å². The summed E-state index contributed by atoms with van der Waals surface area (Å²) in [5.41, 5.74) is -0.0725. The zero-order valence-electron chi connectivity index (χ0n) is 8.59. The van der Waals surface area contributed by atoms with E-state index in [0.717, 1.165) is 4.90 Å². The molecule has 2 rings (SSSR count). The van der Waals surface area contributed by atoms with Gasteiger partial charge in [0.05, 0.1) is 5.75 Å². The Morgan fingerprint density at radius 1 is 1.41 bits per heavy atom. The first-order valence-electron chi connectivity index (χ1n) is 4.72. The van der Waals surface area contributed by atoms with Crippen molar-refractivity contribution in [2.75, 3.05) is 0 Å². The van der Waals surface area contributed by atoms with E-state index in [1.165, 1.54) is 17.8 Å². The summed E-state index contributed by atoms with van der Waals surface area (Å²) in [6.07, 6.45) is 0. The van der Waals surface area contributed by atoms with Gasteiger partial charge in [0.25, 0.3) is 0 Å². The minimum atomic E-state index is -1.09. The molecule has 17 heavy (non-hydrogen) atoms. The van der Waals surface area contributed by atoms with Crippen LogP contribution in [0.2, 0.25) is 5.02 Å². The average Bonchev–Trinajstić information content (AvgIpc) is 2.77. The van der Waals surface area contributed by atoms with E-state index in [9.17, 15) is 4.79 Å². The number of nitrogens with zero attached hydrogens (tertiary/aromatic N) is 1. The molecule has 0 aliphatic carbocycles. The Balaban J connectivity index is 1.97. The van der Waals surface area contributed by atoms with Crippen LogP contribution in [-0.4, -0.2) is 16.2 Å². The molecule has 4 nitrogen and oxygen atoms in total. The molecule has 1 N–H and O–H groups in total. The maximum atomic E-state index is 10.6. The van der Waals surface area contributed by atoms with E-state index in [1.54, 1.807) is 12.1 Å². The van der Waals surface area contributed by atoms with E-state index in [4.69, 9.17) is 21.2 Å². The monoisotopic (exact) mass is 269 g/mol. The number of carboxylic acid groups (broad SMARTS) is 1. The Morgan fingerprint density at radius 2 is 2.12 bits per heavy atom. The van der Waals surface area contributed by atoms with Gasteiger partial charge in [-0.3, -0.25) is 0 Å². The lowest BCUT2D eigenvalue weighted by Crippen LogP contribution is -1.94. The molecule has 88 valence electrons. The molecule has 0 aliphatic heterocycles. The molecule has 6 heteroatoms. The Bertz CT molecular complexity index is 524. The number of thioether (sulfide) groups is 1. The Labute approximate surface area is 107 Å². The van der Waals surface area contributed by atoms with Gasteiger partial charge >= 0.3 is 5.97 Å². The second-order valence-corrected chi connectivity index (χ2v) is 4.71. The van der Waals surface area contributed by atoms with Crippen LogP contribution in [0.5, 0.6) is 0 Å². The van der Waals surface area contributed by atoms with Crippen molar-refractivity contribution in [1.29, 1.82) is 0 Å². The van der Waals surface area contributed by atoms with Gasteiger partial charge in [0.1, 0.15) is 5.76 Å². The lowest BCUT2D eigenvalue weighted by Gasteiger charge is -1.98. The molecule has 0 saturated carbocycles. The van der Waals surface area contributed by atoms with Crippen LogP contribution in [0.25, 0.3) is 0 Å². The quantitative estimate of drug-likeness (QED) is 0.863. The third kappa shape index (κ3) is 3.25. The fourth-order valence-corrected chi connectivity index (χ4v) is 2.07. The molecule has 0 spiro atoms. The summed E-state index contributed by atoms with van der Waals surface area (Å²) in [6, 6.07) is 8.80. The van der Waals surface area contributed by atoms with Crippen LogP contribution in [0.4, 0.5) is 0 Å². The number of rotatable bonds is 4. The van der Waals surface area contributed by atoms with Gasteiger partial charge in [-0.05, 0) is 24.3 Å². The minimum absolute atomic E-state index is 0.0725. The van der Waals surface area contributed by atoms with Gasteiger partial charge in [-0.25, -0.2) is 4.79 Å². The number of halogens is 1. The molecule has 0 saturated heterocycles. The molecule has 0 unspecified atom stereocenters. The van der Waals surface area contributed by atoms with Crippen molar-refractivity contribution in [3.8, 4) is 0 Å². The van der Waals surface area contributed by atoms with Crippen LogP contribution >= 0.6 is 23.4 Å². The molecular weight excluding hydrogens is 262 g/mol. The predicted molar refractivity (Wildman–Crippen MR) is 64.5 cm³/mol. The Morgan fingerprint density at radius 3 is 2.71 bits per heavy atom. The van der Waals surface area contributed by atoms with E-state index >= 15 is 0 Å². The number of aromatic nitrogens is 1. The third-order valence-electron chi connectivity index (χ3n) is 1.97. The van der Waals surface area contributed by atoms with Crippen LogP contribution in [-0.2, 0) is 5.75 Å². The van der Waals surface area contributed by atoms with Crippen molar-refractivity contribution < 1.29 is 14.4 Å². The van der Waals surface area contributed by atoms with Crippen molar-refractivity contribution in [2.45, 2.75) is 10.6 Å². The molecule has 1 aromatic heterocycles. The van der Waals surface area contributed by atoms with Crippen molar-refractivity contribution in [3.05, 3.63) is 46.8 Å². The van der Waals surface area contributed by atoms with Gasteiger partial charge in [0.15, 0.2) is 5.69 Å². The maximum Gasteiger partial charge on any atom is 0.358 e. The minimum Gasteiger partial charge on any atom is -0.476 e. The van der Waals surface area contributed by atoms with Crippen molar-refractivity contribution in [3.63, 3.8) is 0 Å². The van der Waals surface area contributed by atoms with Gasteiger partial charge < -0.3 is 9.63 Å². The summed E-state index contributed by atoms with van der Waals surface area (Å²) >= 11 is 7.29. The average molecular weight is 270 g/mol. The lowest BCUT2D eigenvalue weighted by atomic mass is 10.4. The van der Waals surface area contributed by atoms with Gasteiger partial charge in [0.2, 0.25) is 0 Å². The fourth-order valence-electron chi connectivity index (χ4n) is 1.17. The van der Waals surface area contributed by atoms with Crippen molar-refractivity contribution in [2.24, 2.45) is 0 Å². The largest absolute Gasteiger partial charge is 0.476 e. The topological polar surface area (TPSA) is 63.3 Å². The number of carbonyl (C=O) groups is 1. The number of benzene rings is 1. The first-order valence-corrected chi connectivity index (χ1v) is 6.09. The summed E-state index contributed by atoms with van der Waals surface area (Å²) in [4.78, 5) is 11.6.